The maximum Gasteiger partial charge on any atom is 0.164 e. The van der Waals surface area contributed by atoms with E-state index in [1.807, 2.05) is 24.3 Å². The fraction of sp³-hybridized carbons (Fsp3) is 0.419. The van der Waals surface area contributed by atoms with E-state index in [0.717, 1.165) is 91.7 Å². The number of aromatic nitrogens is 6. The van der Waals surface area contributed by atoms with Crippen LogP contribution in [0.5, 0.6) is 0 Å². The molecule has 1 aliphatic carbocycles. The Balaban J connectivity index is 1.13. The summed E-state index contributed by atoms with van der Waals surface area (Å²) in [5.74, 6) is 0.885. The van der Waals surface area contributed by atoms with Crippen molar-refractivity contribution in [3.8, 4) is 11.3 Å². The highest BCUT2D eigenvalue weighted by atomic mass is 19.1. The number of benzene rings is 2. The first-order valence-corrected chi connectivity index (χ1v) is 14.9. The second kappa shape index (κ2) is 11.4. The summed E-state index contributed by atoms with van der Waals surface area (Å²) in [6, 6.07) is 13.6. The molecule has 0 amide bonds. The standard InChI is InChI=1S/C31H36FN9O/c32-24-4-2-1-3-20(24)18-27-36-25-10-5-21(17-26(25)37-27)29-28-30(33)34-19-35-31(28)41(38-29)23-8-6-22(7-9-23)40-13-11-39(12-14-40)15-16-42/h1-5,10,17,19,22-23,42H,6-9,11-16,18H2,(H,36,37)(H2,33,34,35)/t22-,23-. The molecule has 10 nitrogen and oxygen atoms in total. The van der Waals surface area contributed by atoms with Gasteiger partial charge in [-0.25, -0.2) is 24.0 Å². The lowest BCUT2D eigenvalue weighted by Crippen LogP contribution is -2.51. The molecule has 0 atom stereocenters. The number of aliphatic hydroxyl groups excluding tert-OH is 1. The predicted molar refractivity (Wildman–Crippen MR) is 160 cm³/mol. The normalized spacial score (nSPS) is 20.5. The van der Waals surface area contributed by atoms with Crippen LogP contribution in [0.4, 0.5) is 10.2 Å². The van der Waals surface area contributed by atoms with Crippen molar-refractivity contribution in [2.24, 2.45) is 0 Å². The molecule has 42 heavy (non-hydrogen) atoms. The largest absolute Gasteiger partial charge is 0.395 e. The van der Waals surface area contributed by atoms with Gasteiger partial charge in [0.05, 0.1) is 29.1 Å². The zero-order valence-corrected chi connectivity index (χ0v) is 23.6. The van der Waals surface area contributed by atoms with E-state index in [9.17, 15) is 9.50 Å². The number of hydrogen-bond acceptors (Lipinski definition) is 8. The third kappa shape index (κ3) is 5.12. The molecule has 0 bridgehead atoms. The highest BCUT2D eigenvalue weighted by Gasteiger charge is 2.31. The van der Waals surface area contributed by atoms with Crippen molar-refractivity contribution in [3.63, 3.8) is 0 Å². The number of hydrogen-bond donors (Lipinski definition) is 3. The number of nitrogen functional groups attached to an aromatic ring is 1. The average Bonchev–Trinajstić information content (AvgIpc) is 3.61. The molecule has 218 valence electrons. The molecule has 7 rings (SSSR count). The maximum atomic E-state index is 14.2. The Morgan fingerprint density at radius 2 is 1.76 bits per heavy atom. The number of nitrogens with two attached hydrogens (primary N) is 1. The highest BCUT2D eigenvalue weighted by Crippen LogP contribution is 2.37. The molecular formula is C31H36FN9O. The molecule has 4 N–H and O–H groups in total. The Hall–Kier alpha value is -3.93. The van der Waals surface area contributed by atoms with Gasteiger partial charge in [-0.15, -0.1) is 0 Å². The molecule has 1 saturated carbocycles. The third-order valence-electron chi connectivity index (χ3n) is 8.99. The fourth-order valence-corrected chi connectivity index (χ4v) is 6.73. The van der Waals surface area contributed by atoms with E-state index in [0.29, 0.717) is 29.7 Å². The summed E-state index contributed by atoms with van der Waals surface area (Å²) < 4.78 is 16.3. The van der Waals surface area contributed by atoms with Gasteiger partial charge in [0.2, 0.25) is 0 Å². The maximum absolute atomic E-state index is 14.2. The number of nitrogens with one attached hydrogen (secondary N) is 1. The van der Waals surface area contributed by atoms with Crippen molar-refractivity contribution in [1.29, 1.82) is 0 Å². The van der Waals surface area contributed by atoms with Gasteiger partial charge >= 0.3 is 0 Å². The van der Waals surface area contributed by atoms with Crippen LogP contribution >= 0.6 is 0 Å². The summed E-state index contributed by atoms with van der Waals surface area (Å²) >= 11 is 0. The molecule has 2 aromatic carbocycles. The molecule has 2 aliphatic rings. The molecule has 0 unspecified atom stereocenters. The van der Waals surface area contributed by atoms with Crippen LogP contribution in [-0.2, 0) is 6.42 Å². The van der Waals surface area contributed by atoms with E-state index < -0.39 is 0 Å². The van der Waals surface area contributed by atoms with Gasteiger partial charge in [-0.1, -0.05) is 24.3 Å². The van der Waals surface area contributed by atoms with Gasteiger partial charge in [0, 0.05) is 50.7 Å². The van der Waals surface area contributed by atoms with E-state index in [1.54, 1.807) is 12.1 Å². The van der Waals surface area contributed by atoms with Gasteiger partial charge in [0.1, 0.15) is 29.5 Å². The van der Waals surface area contributed by atoms with Crippen molar-refractivity contribution in [2.75, 3.05) is 45.1 Å². The summed E-state index contributed by atoms with van der Waals surface area (Å²) in [5.41, 5.74) is 11.1. The van der Waals surface area contributed by atoms with Crippen LogP contribution < -0.4 is 5.73 Å². The van der Waals surface area contributed by atoms with Crippen LogP contribution in [0, 0.1) is 5.82 Å². The lowest BCUT2D eigenvalue weighted by molar-refractivity contribution is 0.0629. The first kappa shape index (κ1) is 26.9. The summed E-state index contributed by atoms with van der Waals surface area (Å²) in [7, 11) is 0. The number of nitrogens with zero attached hydrogens (tertiary/aromatic N) is 7. The number of piperazine rings is 1. The first-order chi connectivity index (χ1) is 20.6. The van der Waals surface area contributed by atoms with Crippen molar-refractivity contribution < 1.29 is 9.50 Å². The molecule has 1 aliphatic heterocycles. The van der Waals surface area contributed by atoms with Gasteiger partial charge in [0.15, 0.2) is 5.65 Å². The molecule has 3 aromatic heterocycles. The van der Waals surface area contributed by atoms with Crippen molar-refractivity contribution in [3.05, 3.63) is 66.0 Å². The molecule has 11 heteroatoms. The van der Waals surface area contributed by atoms with Crippen LogP contribution in [0.25, 0.3) is 33.3 Å². The number of β-amino-alcohol motifs (C(OH)–C–C–N with tert-alkyl or cyclic N) is 1. The zero-order valence-electron chi connectivity index (χ0n) is 23.6. The minimum Gasteiger partial charge on any atom is -0.395 e. The summed E-state index contributed by atoms with van der Waals surface area (Å²) in [4.78, 5) is 22.0. The lowest BCUT2D eigenvalue weighted by atomic mass is 9.90. The van der Waals surface area contributed by atoms with E-state index in [-0.39, 0.29) is 18.5 Å². The second-order valence-electron chi connectivity index (χ2n) is 11.5. The number of aliphatic hydroxyl groups is 1. The Kier molecular flexibility index (Phi) is 7.31. The first-order valence-electron chi connectivity index (χ1n) is 14.9. The van der Waals surface area contributed by atoms with Gasteiger partial charge in [-0.2, -0.15) is 5.10 Å². The Labute approximate surface area is 243 Å². The number of imidazole rings is 1. The lowest BCUT2D eigenvalue weighted by Gasteiger charge is -2.41. The monoisotopic (exact) mass is 569 g/mol. The fourth-order valence-electron chi connectivity index (χ4n) is 6.73. The molecular weight excluding hydrogens is 533 g/mol. The molecule has 4 heterocycles. The summed E-state index contributed by atoms with van der Waals surface area (Å²) in [5, 5.41) is 15.1. The number of anilines is 1. The van der Waals surface area contributed by atoms with Crippen LogP contribution in [0.1, 0.15) is 43.1 Å². The smallest absolute Gasteiger partial charge is 0.164 e. The van der Waals surface area contributed by atoms with Gasteiger partial charge in [-0.3, -0.25) is 9.80 Å². The molecule has 0 radical (unpaired) electrons. The number of rotatable bonds is 7. The number of aromatic amines is 1. The number of halogens is 1. The molecule has 5 aromatic rings. The van der Waals surface area contributed by atoms with Gasteiger partial charge in [-0.05, 0) is 49.4 Å². The van der Waals surface area contributed by atoms with Crippen LogP contribution in [0.2, 0.25) is 0 Å². The number of fused-ring (bicyclic) bond motifs is 2. The van der Waals surface area contributed by atoms with Crippen LogP contribution in [-0.4, -0.2) is 90.0 Å². The van der Waals surface area contributed by atoms with Gasteiger partial charge in [0.25, 0.3) is 0 Å². The molecule has 2 fully saturated rings. The van der Waals surface area contributed by atoms with Crippen LogP contribution in [0.3, 0.4) is 0 Å². The van der Waals surface area contributed by atoms with Crippen molar-refractivity contribution >= 4 is 27.9 Å². The Bertz CT molecular complexity index is 1700. The summed E-state index contributed by atoms with van der Waals surface area (Å²) in [6.07, 6.45) is 6.19. The van der Waals surface area contributed by atoms with Crippen LogP contribution in [0.15, 0.2) is 48.8 Å². The molecule has 1 saturated heterocycles. The third-order valence-corrected chi connectivity index (χ3v) is 8.99. The van der Waals surface area contributed by atoms with E-state index >= 15 is 0 Å². The van der Waals surface area contributed by atoms with Crippen molar-refractivity contribution in [2.45, 2.75) is 44.2 Å². The van der Waals surface area contributed by atoms with E-state index in [2.05, 4.69) is 29.4 Å². The number of H-pyrrole nitrogens is 1. The van der Waals surface area contributed by atoms with E-state index in [1.165, 1.54) is 12.4 Å². The topological polar surface area (TPSA) is 125 Å². The Morgan fingerprint density at radius 1 is 0.976 bits per heavy atom. The highest BCUT2D eigenvalue weighted by molar-refractivity contribution is 5.99. The minimum atomic E-state index is -0.235. The zero-order chi connectivity index (χ0) is 28.6. The van der Waals surface area contributed by atoms with Gasteiger partial charge < -0.3 is 15.8 Å². The predicted octanol–water partition coefficient (Wildman–Crippen LogP) is 3.78. The SMILES string of the molecule is Nc1ncnc2c1c(-c1ccc3[nH]c(Cc4ccccc4F)nc3c1)nn2[C@H]1CC[C@H](N2CCN(CCO)CC2)CC1. The minimum absolute atomic E-state index is 0.227. The van der Waals surface area contributed by atoms with Crippen molar-refractivity contribution in [1.82, 2.24) is 39.5 Å². The quantitative estimate of drug-likeness (QED) is 0.271. The average molecular weight is 570 g/mol. The Morgan fingerprint density at radius 3 is 2.55 bits per heavy atom. The summed E-state index contributed by atoms with van der Waals surface area (Å²) in [6.45, 7) is 5.16. The molecule has 0 spiro atoms. The van der Waals surface area contributed by atoms with E-state index in [4.69, 9.17) is 15.8 Å². The second-order valence-corrected chi connectivity index (χ2v) is 11.5.